The minimum Gasteiger partial charge on any atom is -0.494 e. The summed E-state index contributed by atoms with van der Waals surface area (Å²) in [6, 6.07) is 24.6. The lowest BCUT2D eigenvalue weighted by atomic mass is 9.93. The molecule has 0 radical (unpaired) electrons. The highest BCUT2D eigenvalue weighted by Crippen LogP contribution is 2.27. The molecule has 0 saturated carbocycles. The molecule has 0 amide bonds. The molecule has 0 aromatic heterocycles. The monoisotopic (exact) mass is 554 g/mol. The zero-order valence-corrected chi connectivity index (χ0v) is 24.7. The van der Waals surface area contributed by atoms with Gasteiger partial charge in [-0.15, -0.1) is 24.8 Å². The van der Waals surface area contributed by atoms with E-state index in [2.05, 4.69) is 90.4 Å². The molecule has 1 saturated heterocycles. The van der Waals surface area contributed by atoms with Crippen molar-refractivity contribution in [3.05, 3.63) is 100 Å². The van der Waals surface area contributed by atoms with Crippen LogP contribution in [0.3, 0.4) is 0 Å². The maximum absolute atomic E-state index is 6.29. The maximum Gasteiger partial charge on any atom is 0.119 e. The van der Waals surface area contributed by atoms with E-state index in [0.29, 0.717) is 0 Å². The minimum atomic E-state index is 0. The molecule has 3 aromatic rings. The molecule has 0 bridgehead atoms. The first-order valence-corrected chi connectivity index (χ1v) is 13.9. The highest BCUT2D eigenvalue weighted by molar-refractivity contribution is 5.85. The van der Waals surface area contributed by atoms with Crippen LogP contribution in [0.25, 0.3) is 0 Å². The van der Waals surface area contributed by atoms with Gasteiger partial charge in [0.2, 0.25) is 0 Å². The Labute approximate surface area is 242 Å². The molecule has 2 aliphatic rings. The molecular formula is C33H44Cl2N2O. The molecule has 5 heteroatoms. The van der Waals surface area contributed by atoms with Gasteiger partial charge in [0.1, 0.15) is 5.75 Å². The van der Waals surface area contributed by atoms with Crippen molar-refractivity contribution in [1.29, 1.82) is 0 Å². The summed E-state index contributed by atoms with van der Waals surface area (Å²) < 4.78 is 6.29. The van der Waals surface area contributed by atoms with Crippen molar-refractivity contribution in [3.63, 3.8) is 0 Å². The zero-order valence-electron chi connectivity index (χ0n) is 23.0. The van der Waals surface area contributed by atoms with Gasteiger partial charge in [0.15, 0.2) is 0 Å². The Morgan fingerprint density at radius 3 is 2.32 bits per heavy atom. The highest BCUT2D eigenvalue weighted by atomic mass is 35.5. The SMILES string of the molecule is Cc1ccc(CN2CCC(CCOc3ccc4c(c3)CN(Cc3ccccc3C)CCC4)CC2)cc1.Cl.Cl. The van der Waals surface area contributed by atoms with E-state index in [4.69, 9.17) is 4.74 Å². The molecule has 2 aliphatic heterocycles. The lowest BCUT2D eigenvalue weighted by molar-refractivity contribution is 0.157. The third-order valence-electron chi connectivity index (χ3n) is 8.18. The number of aryl methyl sites for hydroxylation is 3. The Morgan fingerprint density at radius 1 is 0.789 bits per heavy atom. The third-order valence-corrected chi connectivity index (χ3v) is 8.18. The number of halogens is 2. The van der Waals surface area contributed by atoms with Crippen LogP contribution in [-0.4, -0.2) is 36.0 Å². The average Bonchev–Trinajstić information content (AvgIpc) is 3.09. The topological polar surface area (TPSA) is 15.7 Å². The van der Waals surface area contributed by atoms with Crippen LogP contribution < -0.4 is 4.74 Å². The van der Waals surface area contributed by atoms with Crippen LogP contribution in [0.4, 0.5) is 0 Å². The fourth-order valence-electron chi connectivity index (χ4n) is 5.79. The van der Waals surface area contributed by atoms with Gasteiger partial charge in [-0.05, 0) is 111 Å². The Morgan fingerprint density at radius 2 is 1.55 bits per heavy atom. The molecule has 0 N–H and O–H groups in total. The molecule has 5 rings (SSSR count). The molecule has 1 fully saturated rings. The van der Waals surface area contributed by atoms with Gasteiger partial charge in [-0.3, -0.25) is 9.80 Å². The Kier molecular flexibility index (Phi) is 12.0. The number of hydrogen-bond donors (Lipinski definition) is 0. The van der Waals surface area contributed by atoms with Gasteiger partial charge < -0.3 is 4.74 Å². The van der Waals surface area contributed by atoms with E-state index in [1.54, 1.807) is 0 Å². The maximum atomic E-state index is 6.29. The van der Waals surface area contributed by atoms with Crippen LogP contribution in [0, 0.1) is 19.8 Å². The summed E-state index contributed by atoms with van der Waals surface area (Å²) >= 11 is 0. The van der Waals surface area contributed by atoms with Gasteiger partial charge in [-0.1, -0.05) is 60.2 Å². The zero-order chi connectivity index (χ0) is 24.7. The normalized spacial score (nSPS) is 16.6. The van der Waals surface area contributed by atoms with E-state index in [0.717, 1.165) is 50.9 Å². The summed E-state index contributed by atoms with van der Waals surface area (Å²) in [6.45, 7) is 11.9. The van der Waals surface area contributed by atoms with Crippen LogP contribution in [0.2, 0.25) is 0 Å². The van der Waals surface area contributed by atoms with Crippen molar-refractivity contribution in [2.75, 3.05) is 26.2 Å². The van der Waals surface area contributed by atoms with Crippen molar-refractivity contribution in [2.45, 2.75) is 65.6 Å². The van der Waals surface area contributed by atoms with E-state index in [1.807, 2.05) is 0 Å². The molecular weight excluding hydrogens is 511 g/mol. The lowest BCUT2D eigenvalue weighted by Gasteiger charge is -2.32. The van der Waals surface area contributed by atoms with Gasteiger partial charge in [-0.2, -0.15) is 0 Å². The lowest BCUT2D eigenvalue weighted by Crippen LogP contribution is -2.33. The van der Waals surface area contributed by atoms with Crippen molar-refractivity contribution in [3.8, 4) is 5.75 Å². The highest BCUT2D eigenvalue weighted by Gasteiger charge is 2.20. The molecule has 0 aliphatic carbocycles. The van der Waals surface area contributed by atoms with Crippen LogP contribution in [0.1, 0.15) is 59.1 Å². The van der Waals surface area contributed by atoms with Crippen LogP contribution in [0.15, 0.2) is 66.7 Å². The Hall–Kier alpha value is -2.04. The second kappa shape index (κ2) is 14.9. The van der Waals surface area contributed by atoms with Gasteiger partial charge >= 0.3 is 0 Å². The fourth-order valence-corrected chi connectivity index (χ4v) is 5.79. The predicted molar refractivity (Wildman–Crippen MR) is 164 cm³/mol. The molecule has 0 atom stereocenters. The van der Waals surface area contributed by atoms with E-state index < -0.39 is 0 Å². The van der Waals surface area contributed by atoms with Crippen LogP contribution in [-0.2, 0) is 26.1 Å². The van der Waals surface area contributed by atoms with Crippen molar-refractivity contribution < 1.29 is 4.74 Å². The smallest absolute Gasteiger partial charge is 0.119 e. The second-order valence-corrected chi connectivity index (χ2v) is 11.0. The molecule has 2 heterocycles. The quantitative estimate of drug-likeness (QED) is 0.282. The molecule has 3 nitrogen and oxygen atoms in total. The predicted octanol–water partition coefficient (Wildman–Crippen LogP) is 7.78. The number of piperidine rings is 1. The second-order valence-electron chi connectivity index (χ2n) is 11.0. The summed E-state index contributed by atoms with van der Waals surface area (Å²) in [6.07, 6.45) is 6.12. The number of hydrogen-bond acceptors (Lipinski definition) is 3. The summed E-state index contributed by atoms with van der Waals surface area (Å²) in [4.78, 5) is 5.21. The first-order chi connectivity index (χ1) is 17.6. The summed E-state index contributed by atoms with van der Waals surface area (Å²) in [5, 5.41) is 0. The Bertz CT molecular complexity index is 1130. The number of benzene rings is 3. The van der Waals surface area contributed by atoms with Gasteiger partial charge in [-0.25, -0.2) is 0 Å². The Balaban J connectivity index is 0.00000200. The standard InChI is InChI=1S/C33H42N2O.2ClH/c1-26-9-11-29(12-10-26)23-34-19-15-28(16-20-34)17-21-36-33-14-13-30-8-5-18-35(25-32(30)22-33)24-31-7-4-3-6-27(31)2;;/h3-4,6-7,9-14,22,28H,5,8,15-21,23-25H2,1-2H3;2*1H. The number of rotatable bonds is 8. The molecule has 3 aromatic carbocycles. The van der Waals surface area contributed by atoms with E-state index in [-0.39, 0.29) is 24.8 Å². The molecule has 0 spiro atoms. The van der Waals surface area contributed by atoms with Gasteiger partial charge in [0.25, 0.3) is 0 Å². The van der Waals surface area contributed by atoms with Crippen molar-refractivity contribution in [1.82, 2.24) is 9.80 Å². The number of fused-ring (bicyclic) bond motifs is 1. The van der Waals surface area contributed by atoms with Crippen molar-refractivity contribution in [2.24, 2.45) is 5.92 Å². The van der Waals surface area contributed by atoms with Crippen molar-refractivity contribution >= 4 is 24.8 Å². The van der Waals surface area contributed by atoms with Crippen LogP contribution >= 0.6 is 24.8 Å². The molecule has 0 unspecified atom stereocenters. The summed E-state index contributed by atoms with van der Waals surface area (Å²) in [7, 11) is 0. The average molecular weight is 556 g/mol. The summed E-state index contributed by atoms with van der Waals surface area (Å²) in [5.41, 5.74) is 8.55. The van der Waals surface area contributed by atoms with E-state index in [1.165, 1.54) is 72.2 Å². The first-order valence-electron chi connectivity index (χ1n) is 13.9. The molecule has 38 heavy (non-hydrogen) atoms. The van der Waals surface area contributed by atoms with Crippen LogP contribution in [0.5, 0.6) is 5.75 Å². The van der Waals surface area contributed by atoms with E-state index in [9.17, 15) is 0 Å². The number of likely N-dealkylation sites (tertiary alicyclic amines) is 1. The van der Waals surface area contributed by atoms with Gasteiger partial charge in [0.05, 0.1) is 6.61 Å². The third kappa shape index (κ3) is 8.48. The van der Waals surface area contributed by atoms with E-state index >= 15 is 0 Å². The molecule has 206 valence electrons. The largest absolute Gasteiger partial charge is 0.494 e. The number of nitrogens with zero attached hydrogens (tertiary/aromatic N) is 2. The van der Waals surface area contributed by atoms with Gasteiger partial charge in [0, 0.05) is 19.6 Å². The number of ether oxygens (including phenoxy) is 1. The summed E-state index contributed by atoms with van der Waals surface area (Å²) in [5.74, 6) is 1.83. The fraction of sp³-hybridized carbons (Fsp3) is 0.455. The minimum absolute atomic E-state index is 0. The first kappa shape index (κ1) is 30.5.